The summed E-state index contributed by atoms with van der Waals surface area (Å²) in [6.45, 7) is 0. The van der Waals surface area contributed by atoms with Crippen molar-refractivity contribution < 1.29 is 19.0 Å². The van der Waals surface area contributed by atoms with Gasteiger partial charge in [-0.15, -0.1) is 0 Å². The van der Waals surface area contributed by atoms with Gasteiger partial charge in [-0.3, -0.25) is 0 Å². The monoisotopic (exact) mass is 248 g/mol. The summed E-state index contributed by atoms with van der Waals surface area (Å²) in [5, 5.41) is 8.59. The van der Waals surface area contributed by atoms with Gasteiger partial charge in [-0.05, 0) is 28.1 Å². The van der Waals surface area contributed by atoms with Crippen LogP contribution in [0.3, 0.4) is 0 Å². The summed E-state index contributed by atoms with van der Waals surface area (Å²) in [6, 6.07) is 2.49. The number of benzene rings is 1. The molecular formula is C8H6BrFO3. The summed E-state index contributed by atoms with van der Waals surface area (Å²) >= 11 is 2.89. The number of aromatic carboxylic acids is 1. The van der Waals surface area contributed by atoms with Crippen molar-refractivity contribution in [3.8, 4) is 5.75 Å². The van der Waals surface area contributed by atoms with Crippen molar-refractivity contribution in [2.75, 3.05) is 7.11 Å². The van der Waals surface area contributed by atoms with Crippen LogP contribution < -0.4 is 4.74 Å². The van der Waals surface area contributed by atoms with Gasteiger partial charge >= 0.3 is 5.97 Å². The van der Waals surface area contributed by atoms with Crippen molar-refractivity contribution >= 4 is 21.9 Å². The third kappa shape index (κ3) is 1.98. The number of hydrogen-bond acceptors (Lipinski definition) is 2. The normalized spacial score (nSPS) is 9.77. The zero-order chi connectivity index (χ0) is 10.0. The fourth-order valence-corrected chi connectivity index (χ4v) is 1.28. The van der Waals surface area contributed by atoms with E-state index in [4.69, 9.17) is 9.84 Å². The zero-order valence-electron chi connectivity index (χ0n) is 6.67. The highest BCUT2D eigenvalue weighted by Crippen LogP contribution is 2.25. The van der Waals surface area contributed by atoms with Crippen molar-refractivity contribution in [2.24, 2.45) is 0 Å². The predicted octanol–water partition coefficient (Wildman–Crippen LogP) is 2.29. The van der Waals surface area contributed by atoms with E-state index in [0.29, 0.717) is 5.75 Å². The van der Waals surface area contributed by atoms with Crippen LogP contribution in [-0.2, 0) is 0 Å². The van der Waals surface area contributed by atoms with Crippen LogP contribution in [-0.4, -0.2) is 18.2 Å². The molecule has 0 aromatic heterocycles. The summed E-state index contributed by atoms with van der Waals surface area (Å²) in [5.74, 6) is -1.82. The number of halogens is 2. The Morgan fingerprint density at radius 3 is 2.69 bits per heavy atom. The van der Waals surface area contributed by atoms with Crippen LogP contribution in [0, 0.1) is 5.82 Å². The minimum absolute atomic E-state index is 0.0734. The first-order valence-electron chi connectivity index (χ1n) is 3.32. The molecule has 0 aliphatic rings. The summed E-state index contributed by atoms with van der Waals surface area (Å²) in [5.41, 5.74) is -0.411. The first-order chi connectivity index (χ1) is 6.06. The van der Waals surface area contributed by atoms with Gasteiger partial charge in [-0.25, -0.2) is 9.18 Å². The van der Waals surface area contributed by atoms with Crippen LogP contribution >= 0.6 is 15.9 Å². The number of methoxy groups -OCH3 is 1. The fraction of sp³-hybridized carbons (Fsp3) is 0.125. The largest absolute Gasteiger partial charge is 0.497 e. The maximum atomic E-state index is 13.1. The average molecular weight is 249 g/mol. The number of rotatable bonds is 2. The van der Waals surface area contributed by atoms with E-state index in [1.807, 2.05) is 0 Å². The SMILES string of the molecule is COc1cc(Br)c(F)c(C(=O)O)c1. The third-order valence-electron chi connectivity index (χ3n) is 1.47. The molecule has 0 aliphatic carbocycles. The maximum absolute atomic E-state index is 13.1. The lowest BCUT2D eigenvalue weighted by atomic mass is 10.2. The lowest BCUT2D eigenvalue weighted by Crippen LogP contribution is -2.01. The lowest BCUT2D eigenvalue weighted by Gasteiger charge is -2.04. The van der Waals surface area contributed by atoms with Gasteiger partial charge < -0.3 is 9.84 Å². The Morgan fingerprint density at radius 1 is 1.62 bits per heavy atom. The minimum atomic E-state index is -1.32. The van der Waals surface area contributed by atoms with Gasteiger partial charge in [-0.2, -0.15) is 0 Å². The summed E-state index contributed by atoms with van der Waals surface area (Å²) in [7, 11) is 1.38. The Bertz CT molecular complexity index is 351. The van der Waals surface area contributed by atoms with Gasteiger partial charge in [0.2, 0.25) is 0 Å². The Hall–Kier alpha value is -1.10. The zero-order valence-corrected chi connectivity index (χ0v) is 8.26. The Kier molecular flexibility index (Phi) is 2.87. The van der Waals surface area contributed by atoms with E-state index < -0.39 is 17.3 Å². The highest BCUT2D eigenvalue weighted by atomic mass is 79.9. The molecule has 70 valence electrons. The molecule has 13 heavy (non-hydrogen) atoms. The van der Waals surface area contributed by atoms with Gasteiger partial charge in [0.25, 0.3) is 0 Å². The molecule has 0 bridgehead atoms. The molecule has 0 spiro atoms. The van der Waals surface area contributed by atoms with E-state index in [2.05, 4.69) is 15.9 Å². The number of carboxylic acid groups (broad SMARTS) is 1. The van der Waals surface area contributed by atoms with Crippen LogP contribution in [0.25, 0.3) is 0 Å². The molecule has 0 radical (unpaired) electrons. The first-order valence-corrected chi connectivity index (χ1v) is 4.12. The summed E-state index contributed by atoms with van der Waals surface area (Å²) in [4.78, 5) is 10.5. The molecule has 1 rings (SSSR count). The molecule has 0 unspecified atom stereocenters. The molecule has 1 aromatic carbocycles. The maximum Gasteiger partial charge on any atom is 0.338 e. The van der Waals surface area contributed by atoms with Gasteiger partial charge in [-0.1, -0.05) is 0 Å². The van der Waals surface area contributed by atoms with Gasteiger partial charge in [0.1, 0.15) is 5.75 Å². The second kappa shape index (κ2) is 3.74. The average Bonchev–Trinajstić information content (AvgIpc) is 2.09. The van der Waals surface area contributed by atoms with Crippen molar-refractivity contribution in [1.29, 1.82) is 0 Å². The molecule has 0 saturated heterocycles. The quantitative estimate of drug-likeness (QED) is 0.874. The molecule has 0 fully saturated rings. The molecule has 1 aromatic rings. The molecule has 0 saturated carbocycles. The Labute approximate surface area is 82.3 Å². The second-order valence-electron chi connectivity index (χ2n) is 2.28. The Morgan fingerprint density at radius 2 is 2.23 bits per heavy atom. The lowest BCUT2D eigenvalue weighted by molar-refractivity contribution is 0.0691. The van der Waals surface area contributed by atoms with Gasteiger partial charge in [0.15, 0.2) is 5.82 Å². The van der Waals surface area contributed by atoms with Crippen LogP contribution in [0.2, 0.25) is 0 Å². The van der Waals surface area contributed by atoms with Crippen LogP contribution in [0.4, 0.5) is 4.39 Å². The third-order valence-corrected chi connectivity index (χ3v) is 2.04. The minimum Gasteiger partial charge on any atom is -0.497 e. The molecule has 3 nitrogen and oxygen atoms in total. The fourth-order valence-electron chi connectivity index (χ4n) is 0.838. The standard InChI is InChI=1S/C8H6BrFO3/c1-13-4-2-5(8(11)12)7(10)6(9)3-4/h2-3H,1H3,(H,11,12). The van der Waals surface area contributed by atoms with Crippen molar-refractivity contribution in [3.63, 3.8) is 0 Å². The number of carbonyl (C=O) groups is 1. The number of hydrogen-bond donors (Lipinski definition) is 1. The molecule has 0 atom stereocenters. The predicted molar refractivity (Wildman–Crippen MR) is 47.6 cm³/mol. The van der Waals surface area contributed by atoms with E-state index >= 15 is 0 Å². The van der Waals surface area contributed by atoms with Crippen LogP contribution in [0.5, 0.6) is 5.75 Å². The van der Waals surface area contributed by atoms with Crippen molar-refractivity contribution in [1.82, 2.24) is 0 Å². The van der Waals surface area contributed by atoms with E-state index in [-0.39, 0.29) is 4.47 Å². The van der Waals surface area contributed by atoms with Crippen molar-refractivity contribution in [2.45, 2.75) is 0 Å². The molecule has 0 aliphatic heterocycles. The van der Waals surface area contributed by atoms with Crippen LogP contribution in [0.15, 0.2) is 16.6 Å². The van der Waals surface area contributed by atoms with Crippen LogP contribution in [0.1, 0.15) is 10.4 Å². The topological polar surface area (TPSA) is 46.5 Å². The smallest absolute Gasteiger partial charge is 0.338 e. The highest BCUT2D eigenvalue weighted by Gasteiger charge is 2.14. The van der Waals surface area contributed by atoms with E-state index in [1.54, 1.807) is 0 Å². The summed E-state index contributed by atoms with van der Waals surface area (Å²) < 4.78 is 17.9. The molecular weight excluding hydrogens is 243 g/mol. The second-order valence-corrected chi connectivity index (χ2v) is 3.13. The van der Waals surface area contributed by atoms with E-state index in [0.717, 1.165) is 6.07 Å². The van der Waals surface area contributed by atoms with E-state index in [9.17, 15) is 9.18 Å². The molecule has 5 heteroatoms. The van der Waals surface area contributed by atoms with Gasteiger partial charge in [0.05, 0.1) is 17.1 Å². The highest BCUT2D eigenvalue weighted by molar-refractivity contribution is 9.10. The molecule has 0 amide bonds. The Balaban J connectivity index is 3.33. The number of carboxylic acids is 1. The first kappa shape index (κ1) is 9.98. The molecule has 0 heterocycles. The van der Waals surface area contributed by atoms with Gasteiger partial charge in [0, 0.05) is 0 Å². The van der Waals surface area contributed by atoms with E-state index in [1.165, 1.54) is 13.2 Å². The summed E-state index contributed by atoms with van der Waals surface area (Å²) in [6.07, 6.45) is 0. The van der Waals surface area contributed by atoms with Crippen molar-refractivity contribution in [3.05, 3.63) is 28.0 Å². The number of ether oxygens (including phenoxy) is 1. The molecule has 1 N–H and O–H groups in total.